The van der Waals surface area contributed by atoms with Gasteiger partial charge in [0.25, 0.3) is 0 Å². The number of likely N-dealkylation sites (tertiary alicyclic amines) is 2. The SMILES string of the molecule is CC(C)C[C@H](NC(=O)[C@H](CCCNC(=N)N)NC(=O)[C@@H]1CCCN1C(=O)[C@H](CCCCN)NC(=O)[C@H](CCCNC(=N)N)NC(=O)[C@@H](N)CC(=O)O)C(=O)N[C@@H](CC(C)C)C(=O)N[C@@H](Cc1ccccc1)C(=O)N1CCC[C@H]1C(=O)N[C@H](C(=O)N[C@@H](CC(N)=O)C(=O)N[C@@H](CO)C(=O)N[C@@H](CO)C(=O)N[C@@H](CO)C(=O)N[C@@H](Cc1cnc[nH]1)C(=O)N[C@@H](CC(C)C)C(=O)N[C@H](C(=O)O)C(C)C)[C@@H](C)O. The molecule has 0 aliphatic carbocycles. The van der Waals surface area contributed by atoms with Crippen LogP contribution < -0.4 is 114 Å². The molecule has 139 heavy (non-hydrogen) atoms. The number of hydrogen-bond donors (Lipinski definition) is 30. The molecule has 2 fully saturated rings. The average Bonchev–Trinajstić information content (AvgIpc) is 1.71. The number of hydrogen-bond acceptors (Lipinski definition) is 28. The molecule has 3 heterocycles. The van der Waals surface area contributed by atoms with Gasteiger partial charge in [0, 0.05) is 50.9 Å². The molecule has 0 unspecified atom stereocenters. The highest BCUT2D eigenvalue weighted by Crippen LogP contribution is 2.24. The minimum Gasteiger partial charge on any atom is -0.481 e. The van der Waals surface area contributed by atoms with Crippen LogP contribution in [0.25, 0.3) is 0 Å². The Morgan fingerprint density at radius 3 is 1.23 bits per heavy atom. The Labute approximate surface area is 804 Å². The number of carboxylic acids is 2. The molecule has 52 heteroatoms. The molecule has 2 aliphatic rings. The van der Waals surface area contributed by atoms with Gasteiger partial charge in [0.1, 0.15) is 96.7 Å². The summed E-state index contributed by atoms with van der Waals surface area (Å²) in [6.07, 6.45) is -0.647. The summed E-state index contributed by atoms with van der Waals surface area (Å²) < 4.78 is 0. The summed E-state index contributed by atoms with van der Waals surface area (Å²) in [5.41, 5.74) is 28.9. The number of imidazole rings is 1. The number of aliphatic hydroxyl groups excluding tert-OH is 4. The maximum Gasteiger partial charge on any atom is 0.326 e. The third-order valence-electron chi connectivity index (χ3n) is 22.5. The molecule has 0 saturated carbocycles. The van der Waals surface area contributed by atoms with Crippen molar-refractivity contribution in [3.8, 4) is 0 Å². The van der Waals surface area contributed by atoms with Crippen LogP contribution in [-0.2, 0) is 104 Å². The van der Waals surface area contributed by atoms with Crippen LogP contribution in [0.15, 0.2) is 42.9 Å². The number of guanidine groups is 2. The number of nitrogens with one attached hydrogen (secondary N) is 19. The second kappa shape index (κ2) is 59.7. The van der Waals surface area contributed by atoms with E-state index in [4.69, 9.17) is 39.5 Å². The molecule has 2 aliphatic heterocycles. The summed E-state index contributed by atoms with van der Waals surface area (Å²) in [6.45, 7) is 11.1. The van der Waals surface area contributed by atoms with Crippen LogP contribution in [0.5, 0.6) is 0 Å². The first-order valence-corrected chi connectivity index (χ1v) is 46.3. The fourth-order valence-corrected chi connectivity index (χ4v) is 15.3. The summed E-state index contributed by atoms with van der Waals surface area (Å²) in [7, 11) is 0. The Hall–Kier alpha value is -13.3. The number of aromatic nitrogens is 2. The molecule has 1 aromatic heterocycles. The first-order valence-electron chi connectivity index (χ1n) is 46.3. The van der Waals surface area contributed by atoms with E-state index in [0.717, 1.165) is 11.8 Å². The Morgan fingerprint density at radius 1 is 0.439 bits per heavy atom. The van der Waals surface area contributed by atoms with Crippen LogP contribution in [-0.4, -0.2) is 336 Å². The lowest BCUT2D eigenvalue weighted by Crippen LogP contribution is -2.63. The van der Waals surface area contributed by atoms with Crippen LogP contribution in [0.2, 0.25) is 0 Å². The van der Waals surface area contributed by atoms with Gasteiger partial charge in [-0.05, 0) is 133 Å². The fourth-order valence-electron chi connectivity index (χ4n) is 15.3. The Morgan fingerprint density at radius 2 is 0.820 bits per heavy atom. The van der Waals surface area contributed by atoms with Crippen molar-refractivity contribution < 1.29 is 122 Å². The first kappa shape index (κ1) is 118. The second-order valence-electron chi connectivity index (χ2n) is 35.9. The molecule has 1 aromatic carbocycles. The van der Waals surface area contributed by atoms with Gasteiger partial charge in [-0.1, -0.05) is 85.7 Å². The molecular formula is C87H143N27O25. The zero-order chi connectivity index (χ0) is 104. The minimum atomic E-state index is -2.09. The molecule has 2 saturated heterocycles. The maximum absolute atomic E-state index is 15.2. The number of carbonyl (C=O) groups is 19. The normalized spacial score (nSPS) is 16.9. The highest BCUT2D eigenvalue weighted by molar-refractivity contribution is 6.02. The Bertz CT molecular complexity index is 4490. The smallest absolute Gasteiger partial charge is 0.326 e. The van der Waals surface area contributed by atoms with Crippen molar-refractivity contribution in [1.82, 2.24) is 105 Å². The van der Waals surface area contributed by atoms with Crippen molar-refractivity contribution in [3.05, 3.63) is 54.1 Å². The van der Waals surface area contributed by atoms with Crippen LogP contribution in [0.1, 0.15) is 176 Å². The van der Waals surface area contributed by atoms with Crippen LogP contribution in [0.3, 0.4) is 0 Å². The van der Waals surface area contributed by atoms with Gasteiger partial charge in [0.05, 0.1) is 51.1 Å². The van der Waals surface area contributed by atoms with E-state index in [-0.39, 0.29) is 152 Å². The van der Waals surface area contributed by atoms with E-state index >= 15 is 9.59 Å². The number of carbonyl (C=O) groups excluding carboxylic acids is 17. The maximum atomic E-state index is 15.2. The number of rotatable bonds is 62. The molecule has 4 rings (SSSR count). The van der Waals surface area contributed by atoms with Gasteiger partial charge in [-0.3, -0.25) is 97.1 Å². The van der Waals surface area contributed by atoms with Gasteiger partial charge in [-0.15, -0.1) is 0 Å². The summed E-state index contributed by atoms with van der Waals surface area (Å²) in [5.74, 6) is -22.8. The number of primary amides is 1. The predicted octanol–water partition coefficient (Wildman–Crippen LogP) is -9.47. The van der Waals surface area contributed by atoms with Gasteiger partial charge in [0.15, 0.2) is 11.9 Å². The highest BCUT2D eigenvalue weighted by atomic mass is 16.4. The van der Waals surface area contributed by atoms with E-state index in [0.29, 0.717) is 18.4 Å². The quantitative estimate of drug-likeness (QED) is 0.0166. The number of aromatic amines is 1. The van der Waals surface area contributed by atoms with Crippen molar-refractivity contribution in [2.24, 2.45) is 52.3 Å². The van der Waals surface area contributed by atoms with E-state index in [1.165, 1.54) is 17.4 Å². The third kappa shape index (κ3) is 40.7. The van der Waals surface area contributed by atoms with E-state index in [9.17, 15) is 112 Å². The van der Waals surface area contributed by atoms with Crippen molar-refractivity contribution >= 4 is 124 Å². The molecule has 2 aromatic rings. The second-order valence-corrected chi connectivity index (χ2v) is 35.9. The van der Waals surface area contributed by atoms with Gasteiger partial charge < -0.3 is 159 Å². The summed E-state index contributed by atoms with van der Waals surface area (Å²) in [5, 5.41) is 116. The van der Waals surface area contributed by atoms with Crippen molar-refractivity contribution in [2.75, 3.05) is 52.5 Å². The Kier molecular flexibility index (Phi) is 50.7. The van der Waals surface area contributed by atoms with Crippen LogP contribution in [0, 0.1) is 34.5 Å². The van der Waals surface area contributed by atoms with E-state index in [1.807, 2.05) is 5.32 Å². The molecule has 52 nitrogen and oxygen atoms in total. The topological polar surface area (TPSA) is 851 Å². The molecule has 0 bridgehead atoms. The standard InChI is InChI=1S/C87H143N27O25/c1-43(2)31-54(102-71(124)52(23-16-28-97-87(93)94)100-80(133)63-24-17-29-113(63)83(136)53(21-13-14-26-88)101-70(123)51(22-15-27-96-86(91)92)99-69(122)50(89)36-66(120)121)72(125)103-55(32-44(3)4)73(126)107-59(34-48-19-11-10-12-20-48)84(137)114-30-18-25-64(114)81(134)112-68(47(9)118)82(135)106-58(37-65(90)119)75(128)108-61(40-116)78(131)110-62(41-117)79(132)109-60(39-115)77(130)105-57(35-49-38-95-42-98-49)74(127)104-56(33-45(5)6)76(129)111-67(46(7)8)85(138)139/h10-12,19-20,38,42-47,50-64,67-68,115-118H,13-18,21-37,39-41,88-89H2,1-9H3,(H2,90,119)(H,95,98)(H,99,122)(H,100,133)(H,101,123)(H,102,124)(H,103,125)(H,104,127)(H,105,130)(H,106,135)(H,107,126)(H,108,128)(H,109,132)(H,110,131)(H,111,129)(H,112,134)(H,120,121)(H,138,139)(H4,91,92,96)(H4,93,94,97)/t47-,50+,51+,52+,53+,54+,55+,56+,57+,58+,59+,60+,61+,62+,63+,64+,67+,68+/m1/s1. The molecular weight excluding hydrogens is 1820 g/mol. The number of aliphatic carboxylic acids is 2. The lowest BCUT2D eigenvalue weighted by Gasteiger charge is -2.32. The van der Waals surface area contributed by atoms with Crippen molar-refractivity contribution in [2.45, 2.75) is 287 Å². The molecule has 18 atom stereocenters. The van der Waals surface area contributed by atoms with Gasteiger partial charge >= 0.3 is 11.9 Å². The number of nitrogens with zero attached hydrogens (tertiary/aromatic N) is 3. The zero-order valence-corrected chi connectivity index (χ0v) is 79.8. The summed E-state index contributed by atoms with van der Waals surface area (Å²) in [4.78, 5) is 273. The molecule has 35 N–H and O–H groups in total. The third-order valence-corrected chi connectivity index (χ3v) is 22.5. The highest BCUT2D eigenvalue weighted by Gasteiger charge is 2.45. The summed E-state index contributed by atoms with van der Waals surface area (Å²) in [6, 6.07) is -18.9. The van der Waals surface area contributed by atoms with Gasteiger partial charge in [-0.25, -0.2) is 9.78 Å². The monoisotopic (exact) mass is 1970 g/mol. The number of aliphatic hydroxyl groups is 4. The molecule has 776 valence electrons. The predicted molar refractivity (Wildman–Crippen MR) is 498 cm³/mol. The molecule has 0 spiro atoms. The first-order chi connectivity index (χ1) is 65.5. The molecule has 0 radical (unpaired) electrons. The average molecular weight is 1970 g/mol. The summed E-state index contributed by atoms with van der Waals surface area (Å²) >= 11 is 0. The molecule has 17 amide bonds. The number of nitrogens with two attached hydrogens (primary N) is 5. The number of amides is 17. The lowest BCUT2D eigenvalue weighted by molar-refractivity contribution is -0.143. The number of benzene rings is 1. The van der Waals surface area contributed by atoms with Gasteiger partial charge in [-0.2, -0.15) is 0 Å². The van der Waals surface area contributed by atoms with Crippen LogP contribution >= 0.6 is 0 Å². The van der Waals surface area contributed by atoms with E-state index in [1.54, 1.807) is 85.7 Å². The number of H-pyrrole nitrogens is 1. The Balaban J connectivity index is 1.55. The number of unbranched alkanes of at least 4 members (excludes halogenated alkanes) is 1. The van der Waals surface area contributed by atoms with E-state index < -0.39 is 266 Å². The van der Waals surface area contributed by atoms with Crippen molar-refractivity contribution in [1.29, 1.82) is 10.8 Å². The fraction of sp³-hybridized carbons (Fsp3) is 0.655. The minimum absolute atomic E-state index is 0.000558. The van der Waals surface area contributed by atoms with Gasteiger partial charge in [0.2, 0.25) is 100 Å². The lowest BCUT2D eigenvalue weighted by atomic mass is 9.98. The van der Waals surface area contributed by atoms with Crippen molar-refractivity contribution in [3.63, 3.8) is 0 Å². The van der Waals surface area contributed by atoms with E-state index in [2.05, 4.69) is 89.7 Å². The zero-order valence-electron chi connectivity index (χ0n) is 79.8. The largest absolute Gasteiger partial charge is 0.481 e. The van der Waals surface area contributed by atoms with Crippen LogP contribution in [0.4, 0.5) is 0 Å². The number of carboxylic acid groups (broad SMARTS) is 2.